The molecule has 106 valence electrons. The fraction of sp³-hybridized carbons (Fsp3) is 0.188. The van der Waals surface area contributed by atoms with Gasteiger partial charge in [-0.15, -0.1) is 0 Å². The van der Waals surface area contributed by atoms with Crippen molar-refractivity contribution in [2.45, 2.75) is 13.5 Å². The predicted octanol–water partition coefficient (Wildman–Crippen LogP) is 1.03. The van der Waals surface area contributed by atoms with Gasteiger partial charge < -0.3 is 11.1 Å². The number of hydrogen-bond donors (Lipinski definition) is 2. The van der Waals surface area contributed by atoms with Crippen LogP contribution in [0, 0.1) is 18.8 Å². The van der Waals surface area contributed by atoms with Gasteiger partial charge in [-0.1, -0.05) is 11.8 Å². The number of benzene rings is 1. The molecular formula is C16H16N4O. The number of rotatable bonds is 3. The molecule has 0 aliphatic carbocycles. The SMILES string of the molecule is Cc1cc(C(=O)NCc2ccncn2)ccc1C#CCN. The summed E-state index contributed by atoms with van der Waals surface area (Å²) in [6.45, 7) is 2.61. The number of amides is 1. The van der Waals surface area contributed by atoms with Crippen LogP contribution in [0.15, 0.2) is 36.8 Å². The minimum atomic E-state index is -0.143. The first-order chi connectivity index (χ1) is 10.2. The Kier molecular flexibility index (Phi) is 5.02. The smallest absolute Gasteiger partial charge is 0.251 e. The Morgan fingerprint density at radius 2 is 2.24 bits per heavy atom. The first-order valence-electron chi connectivity index (χ1n) is 6.53. The zero-order valence-corrected chi connectivity index (χ0v) is 11.8. The number of nitrogens with zero attached hydrogens (tertiary/aromatic N) is 2. The van der Waals surface area contributed by atoms with Crippen LogP contribution < -0.4 is 11.1 Å². The van der Waals surface area contributed by atoms with Gasteiger partial charge in [0, 0.05) is 17.3 Å². The lowest BCUT2D eigenvalue weighted by molar-refractivity contribution is 0.0950. The van der Waals surface area contributed by atoms with Crippen molar-refractivity contribution in [3.8, 4) is 11.8 Å². The second kappa shape index (κ2) is 7.17. The van der Waals surface area contributed by atoms with E-state index in [0.29, 0.717) is 18.7 Å². The summed E-state index contributed by atoms with van der Waals surface area (Å²) in [5.74, 6) is 5.63. The summed E-state index contributed by atoms with van der Waals surface area (Å²) in [6.07, 6.45) is 3.10. The lowest BCUT2D eigenvalue weighted by Crippen LogP contribution is -2.23. The fourth-order valence-electron chi connectivity index (χ4n) is 1.79. The number of carbonyl (C=O) groups is 1. The highest BCUT2D eigenvalue weighted by atomic mass is 16.1. The number of nitrogens with one attached hydrogen (secondary N) is 1. The highest BCUT2D eigenvalue weighted by molar-refractivity contribution is 5.94. The average molecular weight is 280 g/mol. The van der Waals surface area contributed by atoms with E-state index in [4.69, 9.17) is 5.73 Å². The zero-order valence-electron chi connectivity index (χ0n) is 11.8. The molecule has 0 saturated carbocycles. The summed E-state index contributed by atoms with van der Waals surface area (Å²) in [7, 11) is 0. The summed E-state index contributed by atoms with van der Waals surface area (Å²) in [4.78, 5) is 20.0. The van der Waals surface area contributed by atoms with Gasteiger partial charge in [-0.2, -0.15) is 0 Å². The standard InChI is InChI=1S/C16H16N4O/c1-12-9-14(5-4-13(12)3-2-7-17)16(21)19-10-15-6-8-18-11-20-15/h4-6,8-9,11H,7,10,17H2,1H3,(H,19,21). The highest BCUT2D eigenvalue weighted by Crippen LogP contribution is 2.10. The number of hydrogen-bond acceptors (Lipinski definition) is 4. The fourth-order valence-corrected chi connectivity index (χ4v) is 1.79. The second-order valence-electron chi connectivity index (χ2n) is 4.42. The van der Waals surface area contributed by atoms with Crippen LogP contribution in [0.4, 0.5) is 0 Å². The molecule has 1 amide bonds. The monoisotopic (exact) mass is 280 g/mol. The Bertz CT molecular complexity index is 686. The summed E-state index contributed by atoms with van der Waals surface area (Å²) < 4.78 is 0. The zero-order chi connectivity index (χ0) is 15.1. The molecule has 0 atom stereocenters. The van der Waals surface area contributed by atoms with Crippen LogP contribution in [0.2, 0.25) is 0 Å². The van der Waals surface area contributed by atoms with Crippen molar-refractivity contribution >= 4 is 5.91 Å². The van der Waals surface area contributed by atoms with Gasteiger partial charge >= 0.3 is 0 Å². The molecule has 21 heavy (non-hydrogen) atoms. The van der Waals surface area contributed by atoms with E-state index >= 15 is 0 Å². The number of aromatic nitrogens is 2. The topological polar surface area (TPSA) is 80.9 Å². The molecule has 1 heterocycles. The number of nitrogens with two attached hydrogens (primary N) is 1. The van der Waals surface area contributed by atoms with Crippen molar-refractivity contribution in [1.82, 2.24) is 15.3 Å². The molecule has 3 N–H and O–H groups in total. The third-order valence-electron chi connectivity index (χ3n) is 2.89. The van der Waals surface area contributed by atoms with Crippen molar-refractivity contribution in [3.63, 3.8) is 0 Å². The predicted molar refractivity (Wildman–Crippen MR) is 80.3 cm³/mol. The maximum absolute atomic E-state index is 12.1. The quantitative estimate of drug-likeness (QED) is 0.823. The van der Waals surface area contributed by atoms with Gasteiger partial charge in [0.1, 0.15) is 6.33 Å². The maximum atomic E-state index is 12.1. The van der Waals surface area contributed by atoms with E-state index in [1.165, 1.54) is 6.33 Å². The molecule has 0 saturated heterocycles. The minimum absolute atomic E-state index is 0.143. The lowest BCUT2D eigenvalue weighted by Gasteiger charge is -2.06. The summed E-state index contributed by atoms with van der Waals surface area (Å²) in [6, 6.07) is 7.16. The summed E-state index contributed by atoms with van der Waals surface area (Å²) in [5.41, 5.74) is 8.54. The Morgan fingerprint density at radius 3 is 2.90 bits per heavy atom. The van der Waals surface area contributed by atoms with Crippen molar-refractivity contribution in [3.05, 3.63) is 59.2 Å². The average Bonchev–Trinajstić information content (AvgIpc) is 2.52. The maximum Gasteiger partial charge on any atom is 0.251 e. The van der Waals surface area contributed by atoms with Gasteiger partial charge in [0.15, 0.2) is 0 Å². The van der Waals surface area contributed by atoms with E-state index in [-0.39, 0.29) is 5.91 Å². The molecule has 0 aliphatic heterocycles. The normalized spacial score (nSPS) is 9.62. The Balaban J connectivity index is 2.04. The molecule has 0 radical (unpaired) electrons. The first-order valence-corrected chi connectivity index (χ1v) is 6.53. The van der Waals surface area contributed by atoms with Crippen molar-refractivity contribution in [1.29, 1.82) is 0 Å². The molecule has 2 rings (SSSR count). The molecule has 0 bridgehead atoms. The highest BCUT2D eigenvalue weighted by Gasteiger charge is 2.07. The van der Waals surface area contributed by atoms with Gasteiger partial charge in [0.05, 0.1) is 18.8 Å². The Hall–Kier alpha value is -2.71. The van der Waals surface area contributed by atoms with Crippen LogP contribution in [-0.2, 0) is 6.54 Å². The van der Waals surface area contributed by atoms with E-state index < -0.39 is 0 Å². The Labute approximate surface area is 123 Å². The van der Waals surface area contributed by atoms with E-state index in [0.717, 1.165) is 16.8 Å². The third kappa shape index (κ3) is 4.13. The Morgan fingerprint density at radius 1 is 1.38 bits per heavy atom. The lowest BCUT2D eigenvalue weighted by atomic mass is 10.0. The van der Waals surface area contributed by atoms with Crippen LogP contribution in [-0.4, -0.2) is 22.4 Å². The molecule has 0 spiro atoms. The van der Waals surface area contributed by atoms with Gasteiger partial charge in [0.2, 0.25) is 0 Å². The van der Waals surface area contributed by atoms with E-state index in [2.05, 4.69) is 27.1 Å². The molecule has 5 heteroatoms. The van der Waals surface area contributed by atoms with E-state index in [1.807, 2.05) is 19.1 Å². The van der Waals surface area contributed by atoms with Crippen LogP contribution in [0.5, 0.6) is 0 Å². The minimum Gasteiger partial charge on any atom is -0.346 e. The van der Waals surface area contributed by atoms with Gasteiger partial charge in [-0.3, -0.25) is 4.79 Å². The van der Waals surface area contributed by atoms with Gasteiger partial charge in [0.25, 0.3) is 5.91 Å². The summed E-state index contributed by atoms with van der Waals surface area (Å²) in [5, 5.41) is 2.82. The van der Waals surface area contributed by atoms with Gasteiger partial charge in [-0.05, 0) is 36.8 Å². The second-order valence-corrected chi connectivity index (χ2v) is 4.42. The van der Waals surface area contributed by atoms with Crippen molar-refractivity contribution in [2.24, 2.45) is 5.73 Å². The molecular weight excluding hydrogens is 264 g/mol. The van der Waals surface area contributed by atoms with E-state index in [1.54, 1.807) is 18.3 Å². The molecule has 0 fully saturated rings. The molecule has 2 aromatic rings. The van der Waals surface area contributed by atoms with Crippen molar-refractivity contribution < 1.29 is 4.79 Å². The molecule has 5 nitrogen and oxygen atoms in total. The van der Waals surface area contributed by atoms with Crippen LogP contribution in [0.1, 0.15) is 27.2 Å². The third-order valence-corrected chi connectivity index (χ3v) is 2.89. The van der Waals surface area contributed by atoms with Crippen LogP contribution in [0.3, 0.4) is 0 Å². The molecule has 0 unspecified atom stereocenters. The first kappa shape index (κ1) is 14.7. The summed E-state index contributed by atoms with van der Waals surface area (Å²) >= 11 is 0. The van der Waals surface area contributed by atoms with Crippen LogP contribution >= 0.6 is 0 Å². The molecule has 1 aromatic heterocycles. The van der Waals surface area contributed by atoms with Crippen molar-refractivity contribution in [2.75, 3.05) is 6.54 Å². The molecule has 0 aliphatic rings. The van der Waals surface area contributed by atoms with Gasteiger partial charge in [-0.25, -0.2) is 9.97 Å². The number of aryl methyl sites for hydroxylation is 1. The molecule has 1 aromatic carbocycles. The van der Waals surface area contributed by atoms with E-state index in [9.17, 15) is 4.79 Å². The largest absolute Gasteiger partial charge is 0.346 e. The number of carbonyl (C=O) groups excluding carboxylic acids is 1. The van der Waals surface area contributed by atoms with Crippen LogP contribution in [0.25, 0.3) is 0 Å².